The summed E-state index contributed by atoms with van der Waals surface area (Å²) >= 11 is 0. The molecule has 0 atom stereocenters. The van der Waals surface area contributed by atoms with Gasteiger partial charge in [0.2, 0.25) is 0 Å². The second-order valence-electron chi connectivity index (χ2n) is 6.39. The molecule has 0 saturated carbocycles. The van der Waals surface area contributed by atoms with Gasteiger partial charge in [0.05, 0.1) is 12.0 Å². The van der Waals surface area contributed by atoms with Crippen LogP contribution in [0.25, 0.3) is 5.57 Å². The van der Waals surface area contributed by atoms with Crippen molar-refractivity contribution in [2.75, 3.05) is 0 Å². The predicted octanol–water partition coefficient (Wildman–Crippen LogP) is 6.08. The average molecular weight is 303 g/mol. The van der Waals surface area contributed by atoms with Crippen molar-refractivity contribution in [1.29, 1.82) is 0 Å². The highest BCUT2D eigenvalue weighted by Gasteiger charge is 2.09. The van der Waals surface area contributed by atoms with Crippen molar-refractivity contribution in [2.45, 2.75) is 78.6 Å². The first-order chi connectivity index (χ1) is 10.6. The lowest BCUT2D eigenvalue weighted by atomic mass is 10.0. The Morgan fingerprint density at radius 2 is 1.86 bits per heavy atom. The largest absolute Gasteiger partial charge is 0.337 e. The highest BCUT2D eigenvalue weighted by Crippen LogP contribution is 2.20. The van der Waals surface area contributed by atoms with Gasteiger partial charge < -0.3 is 4.57 Å². The van der Waals surface area contributed by atoms with Crippen molar-refractivity contribution in [3.63, 3.8) is 0 Å². The van der Waals surface area contributed by atoms with E-state index in [9.17, 15) is 0 Å². The van der Waals surface area contributed by atoms with Gasteiger partial charge in [0, 0.05) is 12.7 Å². The fraction of sp³-hybridized carbons (Fsp3) is 0.650. The van der Waals surface area contributed by atoms with E-state index in [-0.39, 0.29) is 0 Å². The van der Waals surface area contributed by atoms with Gasteiger partial charge in [-0.05, 0) is 57.4 Å². The van der Waals surface area contributed by atoms with E-state index < -0.39 is 0 Å². The second-order valence-corrected chi connectivity index (χ2v) is 6.39. The Labute approximate surface area is 137 Å². The fourth-order valence-corrected chi connectivity index (χ4v) is 2.74. The molecule has 1 rings (SSSR count). The van der Waals surface area contributed by atoms with Gasteiger partial charge in [0.1, 0.15) is 0 Å². The summed E-state index contributed by atoms with van der Waals surface area (Å²) in [5, 5.41) is 0. The summed E-state index contributed by atoms with van der Waals surface area (Å²) < 4.78 is 2.18. The smallest absolute Gasteiger partial charge is 0.0953 e. The number of hydrogen-bond donors (Lipinski definition) is 0. The summed E-state index contributed by atoms with van der Waals surface area (Å²) in [5.41, 5.74) is 5.31. The molecule has 0 aliphatic carbocycles. The van der Waals surface area contributed by atoms with Crippen LogP contribution in [0, 0.1) is 0 Å². The van der Waals surface area contributed by atoms with Crippen molar-refractivity contribution in [3.8, 4) is 0 Å². The molecule has 0 fully saturated rings. The Morgan fingerprint density at radius 1 is 1.18 bits per heavy atom. The summed E-state index contributed by atoms with van der Waals surface area (Å²) in [7, 11) is 2.10. The molecule has 2 heteroatoms. The number of hydrogen-bond acceptors (Lipinski definition) is 1. The highest BCUT2D eigenvalue weighted by atomic mass is 15.0. The molecule has 22 heavy (non-hydrogen) atoms. The summed E-state index contributed by atoms with van der Waals surface area (Å²) in [6.07, 6.45) is 15.1. The number of rotatable bonds is 11. The van der Waals surface area contributed by atoms with Crippen LogP contribution < -0.4 is 0 Å². The van der Waals surface area contributed by atoms with E-state index in [2.05, 4.69) is 50.0 Å². The molecule has 0 spiro atoms. The van der Waals surface area contributed by atoms with E-state index in [1.165, 1.54) is 61.1 Å². The molecular weight excluding hydrogens is 268 g/mol. The van der Waals surface area contributed by atoms with Crippen LogP contribution in [0.3, 0.4) is 0 Å². The Kier molecular flexibility index (Phi) is 8.88. The molecule has 0 unspecified atom stereocenters. The standard InChI is InChI=1S/C20H34N2/c1-6-8-12-17(3)13-10-11-14-18(4)20-19(15-9-7-2)22(5)16-21-20/h14,16H,3,6-13,15H2,1-2,4-5H3/b18-14-. The molecule has 1 heterocycles. The maximum atomic E-state index is 4.60. The summed E-state index contributed by atoms with van der Waals surface area (Å²) in [4.78, 5) is 4.60. The third kappa shape index (κ3) is 6.21. The molecule has 0 N–H and O–H groups in total. The van der Waals surface area contributed by atoms with Crippen molar-refractivity contribution in [2.24, 2.45) is 7.05 Å². The maximum Gasteiger partial charge on any atom is 0.0953 e. The first kappa shape index (κ1) is 18.7. The molecule has 0 aromatic carbocycles. The van der Waals surface area contributed by atoms with E-state index in [1.54, 1.807) is 0 Å². The summed E-state index contributed by atoms with van der Waals surface area (Å²) in [6, 6.07) is 0. The Balaban J connectivity index is 2.50. The van der Waals surface area contributed by atoms with E-state index in [0.29, 0.717) is 0 Å². The van der Waals surface area contributed by atoms with Gasteiger partial charge in [-0.15, -0.1) is 0 Å². The van der Waals surface area contributed by atoms with Crippen molar-refractivity contribution < 1.29 is 0 Å². The van der Waals surface area contributed by atoms with Gasteiger partial charge >= 0.3 is 0 Å². The van der Waals surface area contributed by atoms with Crippen LogP contribution in [0.2, 0.25) is 0 Å². The monoisotopic (exact) mass is 302 g/mol. The Hall–Kier alpha value is -1.31. The lowest BCUT2D eigenvalue weighted by molar-refractivity contribution is 0.728. The first-order valence-electron chi connectivity index (χ1n) is 8.94. The number of aromatic nitrogens is 2. The minimum absolute atomic E-state index is 1.13. The van der Waals surface area contributed by atoms with E-state index in [1.807, 2.05) is 6.33 Å². The third-order valence-electron chi connectivity index (χ3n) is 4.27. The van der Waals surface area contributed by atoms with Gasteiger partial charge in [0.15, 0.2) is 0 Å². The number of aryl methyl sites for hydroxylation is 1. The minimum Gasteiger partial charge on any atom is -0.337 e. The normalized spacial score (nSPS) is 11.9. The highest BCUT2D eigenvalue weighted by molar-refractivity contribution is 5.62. The SMILES string of the molecule is C=C(CCCC)CCC/C=C(/C)c1ncn(C)c1CCCC. The van der Waals surface area contributed by atoms with Crippen LogP contribution in [-0.2, 0) is 13.5 Å². The molecule has 1 aromatic rings. The van der Waals surface area contributed by atoms with Gasteiger partial charge in [-0.1, -0.05) is 44.9 Å². The van der Waals surface area contributed by atoms with Gasteiger partial charge in [-0.25, -0.2) is 4.98 Å². The number of allylic oxidation sites excluding steroid dienone is 3. The van der Waals surface area contributed by atoms with Crippen molar-refractivity contribution in [3.05, 3.63) is 35.9 Å². The lowest BCUT2D eigenvalue weighted by Gasteiger charge is -2.06. The molecular formula is C20H34N2. The number of nitrogens with zero attached hydrogens (tertiary/aromatic N) is 2. The number of unbranched alkanes of at least 4 members (excludes halogenated alkanes) is 3. The van der Waals surface area contributed by atoms with E-state index in [4.69, 9.17) is 0 Å². The Bertz CT molecular complexity index is 480. The zero-order valence-electron chi connectivity index (χ0n) is 15.1. The quantitative estimate of drug-likeness (QED) is 0.357. The fourth-order valence-electron chi connectivity index (χ4n) is 2.74. The summed E-state index contributed by atoms with van der Waals surface area (Å²) in [6.45, 7) is 10.9. The maximum absolute atomic E-state index is 4.60. The molecule has 0 saturated heterocycles. The zero-order chi connectivity index (χ0) is 16.4. The van der Waals surface area contributed by atoms with Crippen LogP contribution in [0.5, 0.6) is 0 Å². The van der Waals surface area contributed by atoms with Crippen molar-refractivity contribution in [1.82, 2.24) is 9.55 Å². The molecule has 0 aliphatic rings. The lowest BCUT2D eigenvalue weighted by Crippen LogP contribution is -1.98. The van der Waals surface area contributed by atoms with Crippen LogP contribution in [0.15, 0.2) is 24.6 Å². The third-order valence-corrected chi connectivity index (χ3v) is 4.27. The van der Waals surface area contributed by atoms with Crippen LogP contribution in [-0.4, -0.2) is 9.55 Å². The Morgan fingerprint density at radius 3 is 2.55 bits per heavy atom. The minimum atomic E-state index is 1.13. The summed E-state index contributed by atoms with van der Waals surface area (Å²) in [5.74, 6) is 0. The zero-order valence-corrected chi connectivity index (χ0v) is 15.1. The van der Waals surface area contributed by atoms with Crippen LogP contribution >= 0.6 is 0 Å². The van der Waals surface area contributed by atoms with Crippen molar-refractivity contribution >= 4 is 5.57 Å². The molecule has 1 aromatic heterocycles. The average Bonchev–Trinajstić information content (AvgIpc) is 2.88. The molecule has 2 nitrogen and oxygen atoms in total. The first-order valence-corrected chi connectivity index (χ1v) is 8.94. The number of imidazole rings is 1. The molecule has 0 bridgehead atoms. The van der Waals surface area contributed by atoms with E-state index in [0.717, 1.165) is 19.3 Å². The van der Waals surface area contributed by atoms with Crippen LogP contribution in [0.4, 0.5) is 0 Å². The molecule has 124 valence electrons. The molecule has 0 aliphatic heterocycles. The van der Waals surface area contributed by atoms with E-state index >= 15 is 0 Å². The van der Waals surface area contributed by atoms with Crippen LogP contribution in [0.1, 0.15) is 83.5 Å². The predicted molar refractivity (Wildman–Crippen MR) is 98.0 cm³/mol. The van der Waals surface area contributed by atoms with Gasteiger partial charge in [-0.2, -0.15) is 0 Å². The topological polar surface area (TPSA) is 17.8 Å². The molecule has 0 amide bonds. The second kappa shape index (κ2) is 10.4. The van der Waals surface area contributed by atoms with Gasteiger partial charge in [-0.3, -0.25) is 0 Å². The van der Waals surface area contributed by atoms with Gasteiger partial charge in [0.25, 0.3) is 0 Å². The molecule has 0 radical (unpaired) electrons.